The molecule has 2 N–H and O–H groups in total. The van der Waals surface area contributed by atoms with E-state index in [1.165, 1.54) is 0 Å². The van der Waals surface area contributed by atoms with Gasteiger partial charge in [-0.25, -0.2) is 9.67 Å². The van der Waals surface area contributed by atoms with E-state index in [2.05, 4.69) is 27.0 Å². The second kappa shape index (κ2) is 7.91. The molecular weight excluding hydrogens is 418 g/mol. The number of aromatic nitrogens is 5. The molecule has 2 amide bonds. The van der Waals surface area contributed by atoms with E-state index >= 15 is 0 Å². The lowest BCUT2D eigenvalue weighted by Gasteiger charge is -2.05. The van der Waals surface area contributed by atoms with Crippen molar-refractivity contribution in [2.45, 2.75) is 6.42 Å². The van der Waals surface area contributed by atoms with Crippen molar-refractivity contribution < 1.29 is 9.59 Å². The first-order valence-corrected chi connectivity index (χ1v) is 10.5. The lowest BCUT2D eigenvalue weighted by atomic mass is 10.1. The number of likely N-dealkylation sites (tertiary alicyclic amines) is 1. The normalized spacial score (nSPS) is 15.6. The van der Waals surface area contributed by atoms with Gasteiger partial charge in [0.05, 0.1) is 16.8 Å². The molecule has 0 aliphatic carbocycles. The van der Waals surface area contributed by atoms with Crippen molar-refractivity contribution in [2.75, 3.05) is 13.6 Å². The summed E-state index contributed by atoms with van der Waals surface area (Å²) in [5.74, 6) is 5.30. The number of hydrogen-bond acceptors (Lipinski definition) is 5. The van der Waals surface area contributed by atoms with Crippen molar-refractivity contribution in [3.05, 3.63) is 60.0 Å². The minimum Gasteiger partial charge on any atom is -0.364 e. The predicted molar refractivity (Wildman–Crippen MR) is 122 cm³/mol. The first kappa shape index (κ1) is 20.5. The molecular formula is C24H21N7O2. The minimum atomic E-state index is -0.640. The van der Waals surface area contributed by atoms with Crippen molar-refractivity contribution in [1.29, 1.82) is 0 Å². The summed E-state index contributed by atoms with van der Waals surface area (Å²) in [6.07, 6.45) is 4.26. The van der Waals surface area contributed by atoms with Crippen LogP contribution in [0.4, 0.5) is 0 Å². The van der Waals surface area contributed by atoms with Crippen LogP contribution in [0.15, 0.2) is 48.8 Å². The Labute approximate surface area is 189 Å². The third-order valence-electron chi connectivity index (χ3n) is 5.67. The maximum Gasteiger partial charge on any atom is 0.269 e. The number of carbonyl (C=O) groups excluding carboxylic acids is 2. The van der Waals surface area contributed by atoms with Crippen LogP contribution in [0.1, 0.15) is 22.5 Å². The van der Waals surface area contributed by atoms with E-state index in [-0.39, 0.29) is 17.5 Å². The number of amides is 2. The largest absolute Gasteiger partial charge is 0.364 e. The molecule has 4 aromatic rings. The maximum atomic E-state index is 12.1. The van der Waals surface area contributed by atoms with Crippen LogP contribution in [0.25, 0.3) is 28.0 Å². The number of primary amides is 1. The van der Waals surface area contributed by atoms with Gasteiger partial charge in [0, 0.05) is 44.2 Å². The molecule has 3 aromatic heterocycles. The quantitative estimate of drug-likeness (QED) is 0.489. The topological polar surface area (TPSA) is 112 Å². The minimum absolute atomic E-state index is 0.0516. The monoisotopic (exact) mass is 439 g/mol. The van der Waals surface area contributed by atoms with Crippen LogP contribution in [0.5, 0.6) is 0 Å². The van der Waals surface area contributed by atoms with Gasteiger partial charge in [0.1, 0.15) is 5.92 Å². The Morgan fingerprint density at radius 2 is 2.03 bits per heavy atom. The van der Waals surface area contributed by atoms with Crippen molar-refractivity contribution in [1.82, 2.24) is 29.4 Å². The molecule has 0 spiro atoms. The van der Waals surface area contributed by atoms with Gasteiger partial charge in [-0.05, 0) is 36.8 Å². The maximum absolute atomic E-state index is 12.1. The third-order valence-corrected chi connectivity index (χ3v) is 5.67. The van der Waals surface area contributed by atoms with Crippen LogP contribution in [-0.4, -0.2) is 54.9 Å². The zero-order chi connectivity index (χ0) is 23.1. The molecule has 164 valence electrons. The fourth-order valence-corrected chi connectivity index (χ4v) is 3.92. The molecule has 0 unspecified atom stereocenters. The molecule has 33 heavy (non-hydrogen) atoms. The summed E-state index contributed by atoms with van der Waals surface area (Å²) in [6.45, 7) is 0.722. The van der Waals surface area contributed by atoms with E-state index in [1.54, 1.807) is 27.5 Å². The van der Waals surface area contributed by atoms with E-state index in [1.807, 2.05) is 49.6 Å². The van der Waals surface area contributed by atoms with Crippen LogP contribution < -0.4 is 5.73 Å². The lowest BCUT2D eigenvalue weighted by molar-refractivity contribution is -0.128. The second-order valence-corrected chi connectivity index (χ2v) is 8.02. The standard InChI is InChI=1S/C24H21N7O2/c1-29-10-8-16(24(29)33)7-6-15-4-3-5-18(12-15)31-23-19(21(28-31)22(25)32)13-17(14-26-23)20-9-11-30(2)27-20/h3-5,9,11-14,16H,8,10H2,1-2H3,(H2,25,32)/t16-/m1/s1. The molecule has 1 atom stereocenters. The van der Waals surface area contributed by atoms with E-state index in [0.29, 0.717) is 16.7 Å². The Morgan fingerprint density at radius 1 is 1.18 bits per heavy atom. The summed E-state index contributed by atoms with van der Waals surface area (Å²) < 4.78 is 3.28. The van der Waals surface area contributed by atoms with Gasteiger partial charge in [-0.1, -0.05) is 17.9 Å². The highest BCUT2D eigenvalue weighted by atomic mass is 16.2. The number of aryl methyl sites for hydroxylation is 1. The summed E-state index contributed by atoms with van der Waals surface area (Å²) in [6, 6.07) is 11.1. The first-order chi connectivity index (χ1) is 15.9. The Hall–Kier alpha value is -4.45. The zero-order valence-corrected chi connectivity index (χ0v) is 18.2. The summed E-state index contributed by atoms with van der Waals surface area (Å²) in [4.78, 5) is 30.5. The number of rotatable bonds is 3. The fourth-order valence-electron chi connectivity index (χ4n) is 3.92. The molecule has 1 fully saturated rings. The average Bonchev–Trinajstić information content (AvgIpc) is 3.50. The van der Waals surface area contributed by atoms with Crippen molar-refractivity contribution in [2.24, 2.45) is 18.7 Å². The van der Waals surface area contributed by atoms with Gasteiger partial charge in [-0.2, -0.15) is 10.2 Å². The van der Waals surface area contributed by atoms with Gasteiger partial charge >= 0.3 is 0 Å². The summed E-state index contributed by atoms with van der Waals surface area (Å²) in [5, 5.41) is 9.38. The number of hydrogen-bond donors (Lipinski definition) is 1. The highest BCUT2D eigenvalue weighted by Crippen LogP contribution is 2.26. The smallest absolute Gasteiger partial charge is 0.269 e. The number of nitrogens with two attached hydrogens (primary N) is 1. The third kappa shape index (κ3) is 3.72. The highest BCUT2D eigenvalue weighted by Gasteiger charge is 2.27. The molecule has 9 heteroatoms. The summed E-state index contributed by atoms with van der Waals surface area (Å²) in [5.41, 5.74) is 9.17. The van der Waals surface area contributed by atoms with Crippen LogP contribution in [-0.2, 0) is 11.8 Å². The molecule has 5 rings (SSSR count). The van der Waals surface area contributed by atoms with Crippen LogP contribution in [0.3, 0.4) is 0 Å². The van der Waals surface area contributed by atoms with Gasteiger partial charge in [0.15, 0.2) is 11.3 Å². The predicted octanol–water partition coefficient (Wildman–Crippen LogP) is 1.75. The molecule has 4 heterocycles. The van der Waals surface area contributed by atoms with E-state index in [4.69, 9.17) is 5.73 Å². The van der Waals surface area contributed by atoms with Crippen molar-refractivity contribution in [3.63, 3.8) is 0 Å². The number of benzene rings is 1. The number of carbonyl (C=O) groups is 2. The molecule has 1 saturated heterocycles. The Kier molecular flexibility index (Phi) is 4.90. The SMILES string of the molecule is CN1CC[C@@H](C#Cc2cccc(-n3nc(C(N)=O)c4cc(-c5ccn(C)n5)cnc43)c2)C1=O. The second-order valence-electron chi connectivity index (χ2n) is 8.02. The summed E-state index contributed by atoms with van der Waals surface area (Å²) >= 11 is 0. The lowest BCUT2D eigenvalue weighted by Crippen LogP contribution is -2.21. The average molecular weight is 439 g/mol. The zero-order valence-electron chi connectivity index (χ0n) is 18.2. The molecule has 1 aliphatic heterocycles. The van der Waals surface area contributed by atoms with Crippen LogP contribution in [0.2, 0.25) is 0 Å². The Balaban J connectivity index is 1.56. The first-order valence-electron chi connectivity index (χ1n) is 10.5. The molecule has 9 nitrogen and oxygen atoms in total. The number of nitrogens with zero attached hydrogens (tertiary/aromatic N) is 6. The number of fused-ring (bicyclic) bond motifs is 1. The van der Waals surface area contributed by atoms with Crippen molar-refractivity contribution >= 4 is 22.8 Å². The molecule has 0 bridgehead atoms. The highest BCUT2D eigenvalue weighted by molar-refractivity contribution is 6.04. The Morgan fingerprint density at radius 3 is 2.73 bits per heavy atom. The molecule has 1 aliphatic rings. The van der Waals surface area contributed by atoms with Gasteiger partial charge in [0.2, 0.25) is 5.91 Å². The van der Waals surface area contributed by atoms with Gasteiger partial charge in [-0.15, -0.1) is 0 Å². The van der Waals surface area contributed by atoms with Crippen molar-refractivity contribution in [3.8, 4) is 28.8 Å². The fraction of sp³-hybridized carbons (Fsp3) is 0.208. The molecule has 1 aromatic carbocycles. The van der Waals surface area contributed by atoms with Gasteiger partial charge in [0.25, 0.3) is 5.91 Å². The molecule has 0 radical (unpaired) electrons. The van der Waals surface area contributed by atoms with E-state index in [0.717, 1.165) is 29.8 Å². The number of pyridine rings is 1. The summed E-state index contributed by atoms with van der Waals surface area (Å²) in [7, 11) is 3.62. The van der Waals surface area contributed by atoms with Crippen LogP contribution >= 0.6 is 0 Å². The molecule has 0 saturated carbocycles. The Bertz CT molecular complexity index is 1470. The van der Waals surface area contributed by atoms with Crippen LogP contribution in [0, 0.1) is 17.8 Å². The van der Waals surface area contributed by atoms with Gasteiger partial charge in [-0.3, -0.25) is 14.3 Å². The van der Waals surface area contributed by atoms with E-state index < -0.39 is 5.91 Å². The van der Waals surface area contributed by atoms with Gasteiger partial charge < -0.3 is 10.6 Å². The van der Waals surface area contributed by atoms with E-state index in [9.17, 15) is 9.59 Å².